The Hall–Kier alpha value is -11.0. The minimum Gasteiger partial charge on any atom is -0.461 e. The summed E-state index contributed by atoms with van der Waals surface area (Å²) >= 11 is 0. The summed E-state index contributed by atoms with van der Waals surface area (Å²) in [4.78, 5) is 224. The monoisotopic (exact) mass is 2090 g/mol. The summed E-state index contributed by atoms with van der Waals surface area (Å²) in [5.74, 6) is 0.970. The third-order valence-corrected chi connectivity index (χ3v) is 27.5. The van der Waals surface area contributed by atoms with Crippen LogP contribution in [0, 0.1) is 131 Å². The van der Waals surface area contributed by atoms with Crippen LogP contribution < -0.4 is 11.5 Å². The van der Waals surface area contributed by atoms with Crippen molar-refractivity contribution in [2.45, 2.75) is 83.8 Å². The minimum atomic E-state index is -1.16. The highest BCUT2D eigenvalue weighted by molar-refractivity contribution is 8.78. The standard InChI is InChI=1S/C16H23N3O8S2.2C10H11N3O7S2.C10H12N2O6S2.C6H11N3O10S2.C6H12N2O6S2/c1-3-17(4-2)9-10-25-16(20)14-7-5-6-8-15(14)29-28-12-13(27-19(23)24)11-26-18(21)22;11-10(14)7-2-1-3-9(4-7)22-21-6-8(20-13(17)18)5-19-12(15)16;11-10(14)8-3-1-2-4-9(8)22-21-6-7(20-13(17)18)5-19-12(15)16;13-11(14)17-6-10(18-12(15)16)8-20-19-7-9-4-2-1-3-5-9;10-5(1-17-7(11)12)3-20-21-4-6(19-9(15)16)2-18-8(13)14;9-7(10)13-3-1-5-15-16-6-2-4-14-8(11)12/h5-8,13H,3-4,9-12H2,1-2H3;1-4,8H,5-6H2,(H2,11,14);1-4,7H,5-6H2,(H2,11,14);1-5,10H,6-8H2;5-6,10H,1-4H2;1-6H2. The predicted octanol–water partition coefficient (Wildman–Crippen LogP) is 8.97. The lowest BCUT2D eigenvalue weighted by Crippen LogP contribution is -2.28. The number of carbonyl (C=O) groups is 3. The molecule has 0 radical (unpaired) electrons. The molecular formula is C58H80N16O44S12. The molecule has 5 N–H and O–H groups in total. The van der Waals surface area contributed by atoms with Crippen LogP contribution in [0.2, 0.25) is 0 Å². The fraction of sp³-hybridized carbons (Fsp3) is 0.534. The van der Waals surface area contributed by atoms with Gasteiger partial charge in [-0.25, -0.2) is 4.79 Å². The summed E-state index contributed by atoms with van der Waals surface area (Å²) < 4.78 is 5.34. The number of nitrogens with two attached hydrogens (primary N) is 2. The van der Waals surface area contributed by atoms with E-state index in [2.05, 4.69) is 67.8 Å². The molecule has 2 amide bonds. The molecular weight excluding hydrogens is 2010 g/mol. The van der Waals surface area contributed by atoms with E-state index >= 15 is 0 Å². The van der Waals surface area contributed by atoms with Crippen LogP contribution in [0.4, 0.5) is 0 Å². The SMILES string of the molecule is CCN(CC)CCOC(=O)c1ccccc1SSCC(CO[N+](=O)[O-])O[N+](=O)[O-].NC(=O)c1cccc(SSCC(CO[N+](=O)[O-])O[N+](=O)[O-])c1.NC(=O)c1ccccc1SSCC(CO[N+](=O)[O-])O[N+](=O)[O-].O=[N+]([O-])OCC(CSSCc1ccccc1)O[N+](=O)[O-].O=[N+]([O-])OCC(O)CSSCC(CO[N+](=O)[O-])O[N+](=O)[O-].O=[N+]([O-])OCCCSSCCCO[N+](=O)[O-]. The maximum atomic E-state index is 12.4. The zero-order chi connectivity index (χ0) is 98.0. The highest BCUT2D eigenvalue weighted by Crippen LogP contribution is 2.37. The van der Waals surface area contributed by atoms with Gasteiger partial charge < -0.3 is 89.1 Å². The molecule has 4 aromatic rings. The van der Waals surface area contributed by atoms with Crippen molar-refractivity contribution in [3.8, 4) is 0 Å². The number of ether oxygens (including phenoxy) is 1. The fourth-order valence-electron chi connectivity index (χ4n) is 7.32. The molecule has 0 fully saturated rings. The van der Waals surface area contributed by atoms with Gasteiger partial charge in [0.2, 0.25) is 11.8 Å². The molecule has 728 valence electrons. The first-order valence-corrected chi connectivity index (χ1v) is 49.4. The average Bonchev–Trinajstić information content (AvgIpc) is 0.877. The molecule has 0 bridgehead atoms. The normalized spacial score (nSPS) is 11.6. The second-order valence-electron chi connectivity index (χ2n) is 22.1. The molecule has 4 rings (SSSR count). The van der Waals surface area contributed by atoms with Crippen LogP contribution in [0.3, 0.4) is 0 Å². The third kappa shape index (κ3) is 73.9. The van der Waals surface area contributed by atoms with Crippen molar-refractivity contribution in [2.75, 3.05) is 125 Å². The first-order valence-electron chi connectivity index (χ1n) is 35.0. The number of amides is 2. The van der Waals surface area contributed by atoms with Crippen LogP contribution in [-0.2, 0) is 73.4 Å². The second kappa shape index (κ2) is 76.8. The van der Waals surface area contributed by atoms with Gasteiger partial charge in [-0.2, -0.15) is 0 Å². The number of esters is 1. The van der Waals surface area contributed by atoms with Crippen molar-refractivity contribution in [2.24, 2.45) is 11.5 Å². The molecule has 0 aliphatic carbocycles. The molecule has 0 aliphatic rings. The van der Waals surface area contributed by atoms with Gasteiger partial charge in [0, 0.05) is 78.6 Å². The van der Waals surface area contributed by atoms with Gasteiger partial charge in [-0.3, -0.25) is 9.59 Å². The van der Waals surface area contributed by atoms with E-state index in [1.807, 2.05) is 44.2 Å². The lowest BCUT2D eigenvalue weighted by molar-refractivity contribution is -0.788. The summed E-state index contributed by atoms with van der Waals surface area (Å²) in [6.45, 7) is 3.62. The number of benzene rings is 4. The van der Waals surface area contributed by atoms with E-state index in [1.165, 1.54) is 43.2 Å². The topological polar surface area (TPSA) is 817 Å². The average molecular weight is 2090 g/mol. The number of rotatable bonds is 69. The quantitative estimate of drug-likeness (QED) is 0.0122. The highest BCUT2D eigenvalue weighted by atomic mass is 33.1. The molecule has 0 aliphatic heterocycles. The van der Waals surface area contributed by atoms with Gasteiger partial charge in [-0.15, -0.1) is 131 Å². The summed E-state index contributed by atoms with van der Waals surface area (Å²) in [6.07, 6.45) is -5.35. The van der Waals surface area contributed by atoms with Crippen molar-refractivity contribution in [1.82, 2.24) is 4.90 Å². The number of hydrogen-bond acceptors (Lipinski definition) is 57. The van der Waals surface area contributed by atoms with Crippen molar-refractivity contribution in [3.63, 3.8) is 0 Å². The van der Waals surface area contributed by atoms with Crippen molar-refractivity contribution >= 4 is 147 Å². The van der Waals surface area contributed by atoms with Crippen LogP contribution in [-0.4, -0.2) is 256 Å². The minimum absolute atomic E-state index is 0.0255. The van der Waals surface area contributed by atoms with Gasteiger partial charge in [0.1, 0.15) is 76.8 Å². The summed E-state index contributed by atoms with van der Waals surface area (Å²) in [5, 5.41) is 128. The fourth-order valence-corrected chi connectivity index (χ4v) is 20.8. The Morgan fingerprint density at radius 1 is 0.362 bits per heavy atom. The van der Waals surface area contributed by atoms with Crippen LogP contribution >= 0.6 is 130 Å². The second-order valence-corrected chi connectivity index (χ2v) is 37.0. The van der Waals surface area contributed by atoms with Crippen LogP contribution in [0.25, 0.3) is 0 Å². The Kier molecular flexibility index (Phi) is 71.5. The highest BCUT2D eigenvalue weighted by Gasteiger charge is 2.24. The first kappa shape index (κ1) is 121. The number of hydrogen-bond donors (Lipinski definition) is 3. The Morgan fingerprint density at radius 3 is 1.07 bits per heavy atom. The van der Waals surface area contributed by atoms with Crippen molar-refractivity contribution in [1.29, 1.82) is 0 Å². The molecule has 6 atom stereocenters. The van der Waals surface area contributed by atoms with Gasteiger partial charge in [0.15, 0.2) is 0 Å². The van der Waals surface area contributed by atoms with Gasteiger partial charge >= 0.3 is 5.97 Å². The van der Waals surface area contributed by atoms with E-state index < -0.39 is 160 Å². The Labute approximate surface area is 777 Å². The largest absolute Gasteiger partial charge is 0.461 e. The number of aliphatic hydroxyl groups excluding tert-OH is 1. The first-order chi connectivity index (χ1) is 61.7. The molecule has 72 heteroatoms. The summed E-state index contributed by atoms with van der Waals surface area (Å²) in [7, 11) is 15.0. The maximum Gasteiger partial charge on any atom is 0.339 e. The molecule has 0 spiro atoms. The lowest BCUT2D eigenvalue weighted by atomic mass is 10.2. The molecule has 4 aromatic carbocycles. The van der Waals surface area contributed by atoms with Gasteiger partial charge in [-0.05, 0) is 74.0 Å². The van der Waals surface area contributed by atoms with E-state index in [-0.39, 0.29) is 54.3 Å². The molecule has 0 aromatic heterocycles. The number of aliphatic hydroxyl groups is 1. The van der Waals surface area contributed by atoms with E-state index in [9.17, 15) is 151 Å². The Bertz CT molecular complexity index is 4040. The number of nitrogens with zero attached hydrogens (tertiary/aromatic N) is 14. The van der Waals surface area contributed by atoms with Crippen LogP contribution in [0.15, 0.2) is 118 Å². The van der Waals surface area contributed by atoms with E-state index in [4.69, 9.17) is 16.2 Å². The van der Waals surface area contributed by atoms with Gasteiger partial charge in [0.05, 0.1) is 30.4 Å². The predicted molar refractivity (Wildman–Crippen MR) is 468 cm³/mol. The third-order valence-electron chi connectivity index (χ3n) is 12.7. The molecule has 130 heavy (non-hydrogen) atoms. The van der Waals surface area contributed by atoms with E-state index in [0.29, 0.717) is 50.8 Å². The van der Waals surface area contributed by atoms with Crippen molar-refractivity contribution < 1.29 is 153 Å². The molecule has 0 saturated heterocycles. The lowest BCUT2D eigenvalue weighted by Gasteiger charge is -2.17. The Morgan fingerprint density at radius 2 is 0.700 bits per heavy atom. The smallest absolute Gasteiger partial charge is 0.339 e. The molecule has 60 nitrogen and oxygen atoms in total. The van der Waals surface area contributed by atoms with Crippen LogP contribution in [0.1, 0.15) is 63.3 Å². The summed E-state index contributed by atoms with van der Waals surface area (Å²) in [5.41, 5.74) is 12.5. The van der Waals surface area contributed by atoms with Crippen molar-refractivity contribution in [3.05, 3.63) is 257 Å². The number of primary amides is 2. The van der Waals surface area contributed by atoms with E-state index in [1.54, 1.807) is 94.4 Å². The number of carbonyl (C=O) groups excluding carboxylic acids is 3. The summed E-state index contributed by atoms with van der Waals surface area (Å²) in [6, 6.07) is 29.5. The number of likely N-dealkylation sites (N-methyl/N-ethyl adjacent to an activating group) is 1. The maximum absolute atomic E-state index is 12.4. The molecule has 0 saturated carbocycles. The molecule has 6 unspecified atom stereocenters. The van der Waals surface area contributed by atoms with E-state index in [0.717, 1.165) is 101 Å². The van der Waals surface area contributed by atoms with Crippen LogP contribution in [0.5, 0.6) is 0 Å². The van der Waals surface area contributed by atoms with Gasteiger partial charge in [0.25, 0.3) is 66.1 Å². The molecule has 0 heterocycles. The van der Waals surface area contributed by atoms with Gasteiger partial charge in [-0.1, -0.05) is 204 Å². The Balaban J connectivity index is 0. The zero-order valence-electron chi connectivity index (χ0n) is 66.9. The zero-order valence-corrected chi connectivity index (χ0v) is 76.7.